The first kappa shape index (κ1) is 15.2. The maximum atomic E-state index is 12.6. The molecule has 0 N–H and O–H groups in total. The van der Waals surface area contributed by atoms with Crippen molar-refractivity contribution in [1.29, 1.82) is 0 Å². The van der Waals surface area contributed by atoms with Crippen molar-refractivity contribution in [2.45, 2.75) is 26.4 Å². The van der Waals surface area contributed by atoms with E-state index in [4.69, 9.17) is 0 Å². The summed E-state index contributed by atoms with van der Waals surface area (Å²) < 4.78 is 1.79. The molecule has 0 fully saturated rings. The molecule has 0 saturated heterocycles. The molecule has 3 rings (SSSR count). The second-order valence-corrected chi connectivity index (χ2v) is 5.93. The molecule has 2 aromatic heterocycles. The van der Waals surface area contributed by atoms with Gasteiger partial charge in [-0.05, 0) is 31.5 Å². The molecule has 0 spiro atoms. The molecule has 0 aliphatic heterocycles. The van der Waals surface area contributed by atoms with Gasteiger partial charge in [0, 0.05) is 37.4 Å². The Labute approximate surface area is 135 Å². The van der Waals surface area contributed by atoms with Gasteiger partial charge in [0.2, 0.25) is 0 Å². The van der Waals surface area contributed by atoms with Crippen LogP contribution < -0.4 is 0 Å². The molecule has 23 heavy (non-hydrogen) atoms. The fourth-order valence-electron chi connectivity index (χ4n) is 2.56. The van der Waals surface area contributed by atoms with E-state index in [9.17, 15) is 4.79 Å². The molecule has 0 aliphatic rings. The summed E-state index contributed by atoms with van der Waals surface area (Å²) in [5.74, 6) is -0.0858. The van der Waals surface area contributed by atoms with Crippen LogP contribution in [0.4, 0.5) is 0 Å². The molecular weight excluding hydrogens is 288 g/mol. The number of amides is 1. The Hall–Kier alpha value is -2.69. The van der Waals surface area contributed by atoms with Gasteiger partial charge in [-0.1, -0.05) is 24.3 Å². The number of nitrogens with zero attached hydrogens (tertiary/aromatic N) is 4. The van der Waals surface area contributed by atoms with Gasteiger partial charge < -0.3 is 4.90 Å². The molecule has 5 heteroatoms. The lowest BCUT2D eigenvalue weighted by molar-refractivity contribution is 0.0778. The number of benzene rings is 1. The molecule has 3 aromatic rings. The monoisotopic (exact) mass is 308 g/mol. The molecule has 1 amide bonds. The molecule has 0 unspecified atom stereocenters. The minimum absolute atomic E-state index is 0.0858. The first-order chi connectivity index (χ1) is 11.1. The zero-order valence-electron chi connectivity index (χ0n) is 13.6. The second kappa shape index (κ2) is 6.20. The van der Waals surface area contributed by atoms with Crippen molar-refractivity contribution < 1.29 is 4.79 Å². The lowest BCUT2D eigenvalue weighted by atomic mass is 10.1. The molecule has 0 aliphatic carbocycles. The highest BCUT2D eigenvalue weighted by Crippen LogP contribution is 2.18. The van der Waals surface area contributed by atoms with E-state index in [1.807, 2.05) is 50.4 Å². The highest BCUT2D eigenvalue weighted by Gasteiger charge is 2.16. The van der Waals surface area contributed by atoms with E-state index in [1.165, 1.54) is 0 Å². The van der Waals surface area contributed by atoms with Gasteiger partial charge >= 0.3 is 0 Å². The van der Waals surface area contributed by atoms with Crippen LogP contribution in [-0.2, 0) is 6.54 Å². The van der Waals surface area contributed by atoms with Gasteiger partial charge in [-0.3, -0.25) is 14.5 Å². The predicted molar refractivity (Wildman–Crippen MR) is 90.2 cm³/mol. The molecule has 0 atom stereocenters. The fourth-order valence-corrected chi connectivity index (χ4v) is 2.56. The van der Waals surface area contributed by atoms with Crippen LogP contribution >= 0.6 is 0 Å². The molecule has 5 nitrogen and oxygen atoms in total. The number of rotatable bonds is 4. The summed E-state index contributed by atoms with van der Waals surface area (Å²) in [6.07, 6.45) is 3.61. The van der Waals surface area contributed by atoms with Crippen LogP contribution in [0.3, 0.4) is 0 Å². The standard InChI is InChI=1S/C18H20N4O/c1-13(2)22-11-9-16(20-22)18(23)21(3)12-15-7-4-6-14-8-5-10-19-17(14)15/h4-11,13H,12H2,1-3H3. The van der Waals surface area contributed by atoms with E-state index in [0.29, 0.717) is 12.2 Å². The third kappa shape index (κ3) is 3.08. The first-order valence-corrected chi connectivity index (χ1v) is 7.69. The van der Waals surface area contributed by atoms with Gasteiger partial charge in [-0.15, -0.1) is 0 Å². The van der Waals surface area contributed by atoms with E-state index in [-0.39, 0.29) is 11.9 Å². The number of carbonyl (C=O) groups is 1. The minimum Gasteiger partial charge on any atom is -0.336 e. The number of hydrogen-bond acceptors (Lipinski definition) is 3. The summed E-state index contributed by atoms with van der Waals surface area (Å²) in [6, 6.07) is 12.0. The Balaban J connectivity index is 1.82. The Morgan fingerprint density at radius 3 is 2.74 bits per heavy atom. The van der Waals surface area contributed by atoms with E-state index in [0.717, 1.165) is 16.5 Å². The van der Waals surface area contributed by atoms with Crippen molar-refractivity contribution in [3.05, 3.63) is 60.0 Å². The molecule has 0 saturated carbocycles. The van der Waals surface area contributed by atoms with Crippen molar-refractivity contribution >= 4 is 16.8 Å². The number of para-hydroxylation sites is 1. The molecule has 1 aromatic carbocycles. The minimum atomic E-state index is -0.0858. The topological polar surface area (TPSA) is 51.0 Å². The highest BCUT2D eigenvalue weighted by molar-refractivity contribution is 5.92. The third-order valence-corrected chi connectivity index (χ3v) is 3.83. The van der Waals surface area contributed by atoms with E-state index in [2.05, 4.69) is 10.1 Å². The maximum Gasteiger partial charge on any atom is 0.274 e. The van der Waals surface area contributed by atoms with Gasteiger partial charge in [-0.25, -0.2) is 0 Å². The van der Waals surface area contributed by atoms with Gasteiger partial charge in [0.25, 0.3) is 5.91 Å². The SMILES string of the molecule is CC(C)n1ccc(C(=O)N(C)Cc2cccc3cccnc23)n1. The average Bonchev–Trinajstić information content (AvgIpc) is 3.04. The first-order valence-electron chi connectivity index (χ1n) is 7.69. The van der Waals surface area contributed by atoms with Crippen LogP contribution in [0, 0.1) is 0 Å². The van der Waals surface area contributed by atoms with Crippen LogP contribution in [0.25, 0.3) is 10.9 Å². The Morgan fingerprint density at radius 2 is 2.00 bits per heavy atom. The van der Waals surface area contributed by atoms with Crippen molar-refractivity contribution in [3.8, 4) is 0 Å². The molecular formula is C18H20N4O. The highest BCUT2D eigenvalue weighted by atomic mass is 16.2. The summed E-state index contributed by atoms with van der Waals surface area (Å²) in [7, 11) is 1.79. The number of pyridine rings is 1. The smallest absolute Gasteiger partial charge is 0.274 e. The van der Waals surface area contributed by atoms with E-state index < -0.39 is 0 Å². The van der Waals surface area contributed by atoms with Crippen LogP contribution in [0.5, 0.6) is 0 Å². The lowest BCUT2D eigenvalue weighted by Gasteiger charge is -2.17. The summed E-state index contributed by atoms with van der Waals surface area (Å²) in [5.41, 5.74) is 2.43. The van der Waals surface area contributed by atoms with Crippen molar-refractivity contribution in [2.75, 3.05) is 7.05 Å². The summed E-state index contributed by atoms with van der Waals surface area (Å²) >= 11 is 0. The van der Waals surface area contributed by atoms with Crippen LogP contribution in [0.2, 0.25) is 0 Å². The van der Waals surface area contributed by atoms with E-state index in [1.54, 1.807) is 28.9 Å². The molecule has 0 radical (unpaired) electrons. The lowest BCUT2D eigenvalue weighted by Crippen LogP contribution is -2.27. The summed E-state index contributed by atoms with van der Waals surface area (Å²) in [6.45, 7) is 4.57. The number of hydrogen-bond donors (Lipinski definition) is 0. The average molecular weight is 308 g/mol. The second-order valence-electron chi connectivity index (χ2n) is 5.93. The zero-order valence-corrected chi connectivity index (χ0v) is 13.6. The largest absolute Gasteiger partial charge is 0.336 e. The van der Waals surface area contributed by atoms with E-state index >= 15 is 0 Å². The number of fused-ring (bicyclic) bond motifs is 1. The van der Waals surface area contributed by atoms with Crippen molar-refractivity contribution in [2.24, 2.45) is 0 Å². The molecule has 118 valence electrons. The third-order valence-electron chi connectivity index (χ3n) is 3.83. The van der Waals surface area contributed by atoms with Crippen molar-refractivity contribution in [1.82, 2.24) is 19.7 Å². The Bertz CT molecular complexity index is 832. The van der Waals surface area contributed by atoms with Gasteiger partial charge in [-0.2, -0.15) is 5.10 Å². The number of aromatic nitrogens is 3. The van der Waals surface area contributed by atoms with Gasteiger partial charge in [0.1, 0.15) is 5.69 Å². The van der Waals surface area contributed by atoms with Crippen LogP contribution in [-0.4, -0.2) is 32.6 Å². The maximum absolute atomic E-state index is 12.6. The Morgan fingerprint density at radius 1 is 1.22 bits per heavy atom. The van der Waals surface area contributed by atoms with Crippen LogP contribution in [0.15, 0.2) is 48.8 Å². The molecule has 0 bridgehead atoms. The Kier molecular flexibility index (Phi) is 4.10. The fraction of sp³-hybridized carbons (Fsp3) is 0.278. The normalized spacial score (nSPS) is 11.1. The van der Waals surface area contributed by atoms with Gasteiger partial charge in [0.15, 0.2) is 0 Å². The number of carbonyl (C=O) groups excluding carboxylic acids is 1. The summed E-state index contributed by atoms with van der Waals surface area (Å²) in [4.78, 5) is 18.7. The van der Waals surface area contributed by atoms with Crippen molar-refractivity contribution in [3.63, 3.8) is 0 Å². The molecule has 2 heterocycles. The zero-order chi connectivity index (χ0) is 16.4. The predicted octanol–water partition coefficient (Wildman–Crippen LogP) is 3.28. The quantitative estimate of drug-likeness (QED) is 0.743. The van der Waals surface area contributed by atoms with Crippen LogP contribution in [0.1, 0.15) is 35.9 Å². The van der Waals surface area contributed by atoms with Gasteiger partial charge in [0.05, 0.1) is 5.52 Å². The summed E-state index contributed by atoms with van der Waals surface area (Å²) in [5, 5.41) is 5.42.